The van der Waals surface area contributed by atoms with Crippen molar-refractivity contribution in [1.82, 2.24) is 4.90 Å². The van der Waals surface area contributed by atoms with Gasteiger partial charge in [0.1, 0.15) is 11.6 Å². The monoisotopic (exact) mass is 305 g/mol. The van der Waals surface area contributed by atoms with Crippen molar-refractivity contribution in [2.45, 2.75) is 76.0 Å². The highest BCUT2D eigenvalue weighted by Gasteiger charge is 2.60. The highest BCUT2D eigenvalue weighted by molar-refractivity contribution is 5.83. The molecule has 0 aromatic carbocycles. The van der Waals surface area contributed by atoms with Gasteiger partial charge in [0.25, 0.3) is 0 Å². The van der Waals surface area contributed by atoms with Crippen LogP contribution in [0.2, 0.25) is 0 Å². The van der Waals surface area contributed by atoms with Crippen molar-refractivity contribution in [3.8, 4) is 0 Å². The van der Waals surface area contributed by atoms with E-state index in [1.54, 1.807) is 20.8 Å². The zero-order valence-corrected chi connectivity index (χ0v) is 12.5. The van der Waals surface area contributed by atoms with Crippen molar-refractivity contribution >= 4 is 12.1 Å². The average Bonchev–Trinajstić information content (AvgIpc) is 2.23. The predicted octanol–water partition coefficient (Wildman–Crippen LogP) is 3.03. The molecule has 0 bridgehead atoms. The molecule has 1 saturated carbocycles. The Labute approximate surface area is 122 Å². The number of likely N-dealkylation sites (tertiary alicyclic amines) is 1. The van der Waals surface area contributed by atoms with Crippen LogP contribution in [0.5, 0.6) is 0 Å². The van der Waals surface area contributed by atoms with Gasteiger partial charge in [0, 0.05) is 19.3 Å². The van der Waals surface area contributed by atoms with Crippen molar-refractivity contribution in [3.05, 3.63) is 0 Å². The Bertz CT molecular complexity index is 448. The SMILES string of the molecule is CC(C)(C)OC(=O)N1C(C(=O)O)CC12CCC(F)(F)CC2. The van der Waals surface area contributed by atoms with Crippen molar-refractivity contribution in [2.24, 2.45) is 0 Å². The number of nitrogens with zero attached hydrogens (tertiary/aromatic N) is 1. The Hall–Kier alpha value is -1.40. The quantitative estimate of drug-likeness (QED) is 0.808. The van der Waals surface area contributed by atoms with Gasteiger partial charge in [0.2, 0.25) is 5.92 Å². The second kappa shape index (κ2) is 4.81. The van der Waals surface area contributed by atoms with E-state index in [2.05, 4.69) is 0 Å². The van der Waals surface area contributed by atoms with Gasteiger partial charge in [-0.05, 0) is 33.6 Å². The molecule has 1 atom stereocenters. The lowest BCUT2D eigenvalue weighted by atomic mass is 9.68. The molecular weight excluding hydrogens is 284 g/mol. The van der Waals surface area contributed by atoms with Crippen LogP contribution in [0, 0.1) is 0 Å². The molecule has 0 aromatic rings. The van der Waals surface area contributed by atoms with Gasteiger partial charge in [-0.15, -0.1) is 0 Å². The third-order valence-corrected chi connectivity index (χ3v) is 4.18. The zero-order valence-electron chi connectivity index (χ0n) is 12.5. The number of carbonyl (C=O) groups excluding carboxylic acids is 1. The summed E-state index contributed by atoms with van der Waals surface area (Å²) in [7, 11) is 0. The number of hydrogen-bond acceptors (Lipinski definition) is 3. The largest absolute Gasteiger partial charge is 0.480 e. The Morgan fingerprint density at radius 2 is 1.71 bits per heavy atom. The zero-order chi connectivity index (χ0) is 16.1. The predicted molar refractivity (Wildman–Crippen MR) is 70.3 cm³/mol. The minimum absolute atomic E-state index is 0.114. The molecule has 2 fully saturated rings. The van der Waals surface area contributed by atoms with Crippen LogP contribution in [0.4, 0.5) is 13.6 Å². The maximum atomic E-state index is 13.3. The van der Waals surface area contributed by atoms with Gasteiger partial charge in [-0.25, -0.2) is 18.4 Å². The highest BCUT2D eigenvalue weighted by atomic mass is 19.3. The second-order valence-electron chi connectivity index (χ2n) is 6.99. The number of aliphatic carboxylic acids is 1. The third kappa shape index (κ3) is 3.11. The molecule has 0 radical (unpaired) electrons. The van der Waals surface area contributed by atoms with Crippen LogP contribution >= 0.6 is 0 Å². The van der Waals surface area contributed by atoms with E-state index < -0.39 is 35.2 Å². The molecule has 2 aliphatic rings. The van der Waals surface area contributed by atoms with E-state index in [9.17, 15) is 18.4 Å². The molecule has 7 heteroatoms. The van der Waals surface area contributed by atoms with Gasteiger partial charge in [0.05, 0.1) is 5.54 Å². The third-order valence-electron chi connectivity index (χ3n) is 4.18. The fourth-order valence-corrected chi connectivity index (χ4v) is 3.12. The minimum Gasteiger partial charge on any atom is -0.480 e. The van der Waals surface area contributed by atoms with Gasteiger partial charge in [-0.1, -0.05) is 0 Å². The number of rotatable bonds is 1. The van der Waals surface area contributed by atoms with E-state index in [4.69, 9.17) is 9.84 Å². The number of amides is 1. The average molecular weight is 305 g/mol. The van der Waals surface area contributed by atoms with E-state index in [0.717, 1.165) is 4.90 Å². The Morgan fingerprint density at radius 1 is 1.19 bits per heavy atom. The summed E-state index contributed by atoms with van der Waals surface area (Å²) in [5, 5.41) is 9.17. The first kappa shape index (κ1) is 16.0. The minimum atomic E-state index is -2.72. The Kier molecular flexibility index (Phi) is 3.66. The summed E-state index contributed by atoms with van der Waals surface area (Å²) in [6, 6.07) is -0.980. The van der Waals surface area contributed by atoms with Crippen LogP contribution in [-0.4, -0.2) is 45.2 Å². The summed E-state index contributed by atoms with van der Waals surface area (Å²) >= 11 is 0. The molecule has 2 rings (SSSR count). The van der Waals surface area contributed by atoms with E-state index in [0.29, 0.717) is 0 Å². The lowest BCUT2D eigenvalue weighted by Crippen LogP contribution is -2.71. The molecule has 1 aliphatic carbocycles. The van der Waals surface area contributed by atoms with E-state index in [1.807, 2.05) is 0 Å². The number of carboxylic acid groups (broad SMARTS) is 1. The molecule has 1 spiro atoms. The number of alkyl halides is 2. The maximum Gasteiger partial charge on any atom is 0.411 e. The standard InChI is InChI=1S/C14H21F2NO4/c1-12(2,3)21-11(20)17-9(10(18)19)8-13(17)4-6-14(15,16)7-5-13/h9H,4-8H2,1-3H3,(H,18,19). The summed E-state index contributed by atoms with van der Waals surface area (Å²) in [5.74, 6) is -3.84. The van der Waals surface area contributed by atoms with Crippen LogP contribution in [0.25, 0.3) is 0 Å². The molecule has 120 valence electrons. The van der Waals surface area contributed by atoms with Crippen molar-refractivity contribution < 1.29 is 28.2 Å². The molecular formula is C14H21F2NO4. The number of carbonyl (C=O) groups is 2. The smallest absolute Gasteiger partial charge is 0.411 e. The highest BCUT2D eigenvalue weighted by Crippen LogP contribution is 2.51. The molecule has 1 N–H and O–H groups in total. The number of hydrogen-bond donors (Lipinski definition) is 1. The molecule has 1 amide bonds. The van der Waals surface area contributed by atoms with Crippen molar-refractivity contribution in [1.29, 1.82) is 0 Å². The molecule has 1 aliphatic heterocycles. The van der Waals surface area contributed by atoms with Crippen molar-refractivity contribution in [2.75, 3.05) is 0 Å². The van der Waals surface area contributed by atoms with Crippen LogP contribution in [0.1, 0.15) is 52.9 Å². The van der Waals surface area contributed by atoms with Crippen LogP contribution in [0.15, 0.2) is 0 Å². The first-order chi connectivity index (χ1) is 9.46. The molecule has 5 nitrogen and oxygen atoms in total. The summed E-state index contributed by atoms with van der Waals surface area (Å²) in [4.78, 5) is 24.6. The number of ether oxygens (including phenoxy) is 1. The van der Waals surface area contributed by atoms with Gasteiger partial charge >= 0.3 is 12.1 Å². The van der Waals surface area contributed by atoms with Gasteiger partial charge in [-0.2, -0.15) is 0 Å². The van der Waals surface area contributed by atoms with Gasteiger partial charge in [-0.3, -0.25) is 4.90 Å². The first-order valence-electron chi connectivity index (χ1n) is 7.09. The molecule has 1 heterocycles. The fraction of sp³-hybridized carbons (Fsp3) is 0.857. The molecule has 0 aromatic heterocycles. The summed E-state index contributed by atoms with van der Waals surface area (Å²) in [6.07, 6.45) is -0.924. The normalized spacial score (nSPS) is 27.1. The van der Waals surface area contributed by atoms with Crippen molar-refractivity contribution in [3.63, 3.8) is 0 Å². The Morgan fingerprint density at radius 3 is 2.14 bits per heavy atom. The van der Waals surface area contributed by atoms with Crippen LogP contribution in [0.3, 0.4) is 0 Å². The van der Waals surface area contributed by atoms with E-state index in [-0.39, 0.29) is 32.1 Å². The molecule has 1 unspecified atom stereocenters. The van der Waals surface area contributed by atoms with E-state index in [1.165, 1.54) is 0 Å². The first-order valence-corrected chi connectivity index (χ1v) is 7.09. The number of halogens is 2. The molecule has 1 saturated heterocycles. The second-order valence-corrected chi connectivity index (χ2v) is 6.99. The molecule has 21 heavy (non-hydrogen) atoms. The van der Waals surface area contributed by atoms with Crippen LogP contribution < -0.4 is 0 Å². The summed E-state index contributed by atoms with van der Waals surface area (Å²) in [5.41, 5.74) is -1.54. The number of carboxylic acids is 1. The Balaban J connectivity index is 2.16. The van der Waals surface area contributed by atoms with Gasteiger partial charge < -0.3 is 9.84 Å². The van der Waals surface area contributed by atoms with Gasteiger partial charge in [0.15, 0.2) is 0 Å². The topological polar surface area (TPSA) is 66.8 Å². The van der Waals surface area contributed by atoms with Crippen LogP contribution in [-0.2, 0) is 9.53 Å². The fourth-order valence-electron chi connectivity index (χ4n) is 3.12. The van der Waals surface area contributed by atoms with E-state index >= 15 is 0 Å². The summed E-state index contributed by atoms with van der Waals surface area (Å²) < 4.78 is 31.9. The lowest BCUT2D eigenvalue weighted by Gasteiger charge is -2.58. The lowest BCUT2D eigenvalue weighted by molar-refractivity contribution is -0.171. The maximum absolute atomic E-state index is 13.3. The summed E-state index contributed by atoms with van der Waals surface area (Å²) in [6.45, 7) is 5.05.